The van der Waals surface area contributed by atoms with Gasteiger partial charge in [0.1, 0.15) is 18.7 Å². The van der Waals surface area contributed by atoms with E-state index < -0.39 is 5.50 Å². The standard InChI is InChI=1S/C10H6ClN5O/c11-10(15-17)7-1-2-9(8(3-7)4-12)16-6-13-5-14-16/h1-3,5-6,10H. The summed E-state index contributed by atoms with van der Waals surface area (Å²) in [4.78, 5) is 14.1. The highest BCUT2D eigenvalue weighted by Crippen LogP contribution is 2.24. The van der Waals surface area contributed by atoms with E-state index in [0.717, 1.165) is 0 Å². The molecule has 2 aromatic rings. The van der Waals surface area contributed by atoms with Crippen LogP contribution in [0.5, 0.6) is 0 Å². The van der Waals surface area contributed by atoms with Crippen molar-refractivity contribution in [2.24, 2.45) is 5.18 Å². The Morgan fingerprint density at radius 2 is 2.35 bits per heavy atom. The molecule has 84 valence electrons. The van der Waals surface area contributed by atoms with Crippen molar-refractivity contribution >= 4 is 11.6 Å². The van der Waals surface area contributed by atoms with Gasteiger partial charge in [0, 0.05) is 0 Å². The Morgan fingerprint density at radius 3 is 2.94 bits per heavy atom. The number of rotatable bonds is 3. The van der Waals surface area contributed by atoms with Crippen molar-refractivity contribution < 1.29 is 0 Å². The summed E-state index contributed by atoms with van der Waals surface area (Å²) >= 11 is 5.67. The lowest BCUT2D eigenvalue weighted by molar-refractivity contribution is 0.872. The number of nitrogens with zero attached hydrogens (tertiary/aromatic N) is 5. The molecule has 1 unspecified atom stereocenters. The van der Waals surface area contributed by atoms with Crippen molar-refractivity contribution in [3.63, 3.8) is 0 Å². The van der Waals surface area contributed by atoms with Crippen LogP contribution in [0.4, 0.5) is 0 Å². The second-order valence-electron chi connectivity index (χ2n) is 3.17. The third-order valence-electron chi connectivity index (χ3n) is 2.17. The van der Waals surface area contributed by atoms with Crippen LogP contribution in [0, 0.1) is 16.2 Å². The molecule has 1 aromatic heterocycles. The minimum Gasteiger partial charge on any atom is -0.223 e. The molecule has 7 heteroatoms. The average Bonchev–Trinajstić information content (AvgIpc) is 2.90. The summed E-state index contributed by atoms with van der Waals surface area (Å²) in [7, 11) is 0. The van der Waals surface area contributed by atoms with Crippen molar-refractivity contribution in [1.29, 1.82) is 5.26 Å². The number of nitroso groups, excluding NO2 is 1. The van der Waals surface area contributed by atoms with Gasteiger partial charge in [0.25, 0.3) is 0 Å². The summed E-state index contributed by atoms with van der Waals surface area (Å²) in [6, 6.07) is 6.79. The van der Waals surface area contributed by atoms with Crippen LogP contribution in [0.1, 0.15) is 16.6 Å². The predicted molar refractivity (Wildman–Crippen MR) is 60.5 cm³/mol. The number of hydrogen-bond donors (Lipinski definition) is 0. The van der Waals surface area contributed by atoms with Gasteiger partial charge in [0.05, 0.1) is 11.3 Å². The third kappa shape index (κ3) is 2.14. The zero-order valence-electron chi connectivity index (χ0n) is 8.49. The van der Waals surface area contributed by atoms with Crippen molar-refractivity contribution in [1.82, 2.24) is 14.8 Å². The van der Waals surface area contributed by atoms with E-state index >= 15 is 0 Å². The van der Waals surface area contributed by atoms with E-state index in [-0.39, 0.29) is 0 Å². The maximum absolute atomic E-state index is 10.3. The molecule has 2 rings (SSSR count). The Balaban J connectivity index is 2.50. The molecule has 0 spiro atoms. The van der Waals surface area contributed by atoms with Crippen molar-refractivity contribution in [2.75, 3.05) is 0 Å². The van der Waals surface area contributed by atoms with Gasteiger partial charge in [0.2, 0.25) is 0 Å². The lowest BCUT2D eigenvalue weighted by Crippen LogP contribution is -1.99. The summed E-state index contributed by atoms with van der Waals surface area (Å²) in [6.45, 7) is 0. The largest absolute Gasteiger partial charge is 0.223 e. The first-order valence-corrected chi connectivity index (χ1v) is 5.05. The van der Waals surface area contributed by atoms with Crippen molar-refractivity contribution in [3.05, 3.63) is 46.9 Å². The van der Waals surface area contributed by atoms with E-state index in [9.17, 15) is 4.91 Å². The van der Waals surface area contributed by atoms with Gasteiger partial charge < -0.3 is 0 Å². The van der Waals surface area contributed by atoms with Crippen LogP contribution in [0.3, 0.4) is 0 Å². The number of benzene rings is 1. The quantitative estimate of drug-likeness (QED) is 0.472. The van der Waals surface area contributed by atoms with E-state index in [4.69, 9.17) is 16.9 Å². The van der Waals surface area contributed by atoms with E-state index in [1.807, 2.05) is 6.07 Å². The monoisotopic (exact) mass is 247 g/mol. The van der Waals surface area contributed by atoms with Gasteiger partial charge in [-0.05, 0) is 22.9 Å². The smallest absolute Gasteiger partial charge is 0.190 e. The van der Waals surface area contributed by atoms with Crippen molar-refractivity contribution in [3.8, 4) is 11.8 Å². The van der Waals surface area contributed by atoms with E-state index in [1.165, 1.54) is 23.4 Å². The zero-order chi connectivity index (χ0) is 12.3. The first-order chi connectivity index (χ1) is 8.26. The van der Waals surface area contributed by atoms with Gasteiger partial charge in [-0.2, -0.15) is 10.4 Å². The van der Waals surface area contributed by atoms with Gasteiger partial charge >= 0.3 is 0 Å². The number of nitriles is 1. The maximum atomic E-state index is 10.3. The number of aromatic nitrogens is 3. The zero-order valence-corrected chi connectivity index (χ0v) is 9.24. The summed E-state index contributed by atoms with van der Waals surface area (Å²) < 4.78 is 1.46. The molecule has 0 saturated carbocycles. The third-order valence-corrected chi connectivity index (χ3v) is 2.51. The highest BCUT2D eigenvalue weighted by molar-refractivity contribution is 6.20. The fourth-order valence-electron chi connectivity index (χ4n) is 1.38. The van der Waals surface area contributed by atoms with Crippen molar-refractivity contribution in [2.45, 2.75) is 5.50 Å². The minimum atomic E-state index is -0.994. The highest BCUT2D eigenvalue weighted by atomic mass is 35.5. The first-order valence-electron chi connectivity index (χ1n) is 4.62. The summed E-state index contributed by atoms with van der Waals surface area (Å²) in [5, 5.41) is 15.7. The van der Waals surface area contributed by atoms with E-state index in [0.29, 0.717) is 16.8 Å². The Kier molecular flexibility index (Phi) is 3.12. The van der Waals surface area contributed by atoms with E-state index in [2.05, 4.69) is 15.3 Å². The SMILES string of the molecule is N#Cc1cc(C(Cl)N=O)ccc1-n1cncn1. The molecule has 0 saturated heterocycles. The molecule has 0 radical (unpaired) electrons. The fourth-order valence-corrected chi connectivity index (χ4v) is 1.52. The van der Waals surface area contributed by atoms with Crippen LogP contribution in [0.15, 0.2) is 36.0 Å². The summed E-state index contributed by atoms with van der Waals surface area (Å²) in [5.74, 6) is 0. The Morgan fingerprint density at radius 1 is 1.53 bits per heavy atom. The molecule has 17 heavy (non-hydrogen) atoms. The molecule has 0 aliphatic rings. The number of halogens is 1. The molecule has 6 nitrogen and oxygen atoms in total. The fraction of sp³-hybridized carbons (Fsp3) is 0.100. The lowest BCUT2D eigenvalue weighted by atomic mass is 10.1. The van der Waals surface area contributed by atoms with Crippen LogP contribution < -0.4 is 0 Å². The van der Waals surface area contributed by atoms with Gasteiger partial charge in [-0.3, -0.25) is 0 Å². The lowest BCUT2D eigenvalue weighted by Gasteiger charge is -2.06. The normalized spacial score (nSPS) is 11.8. The van der Waals surface area contributed by atoms with Gasteiger partial charge in [-0.1, -0.05) is 17.7 Å². The molecule has 1 atom stereocenters. The molecular formula is C10H6ClN5O. The number of hydrogen-bond acceptors (Lipinski definition) is 5. The molecule has 0 fully saturated rings. The van der Waals surface area contributed by atoms with Crippen LogP contribution in [0.2, 0.25) is 0 Å². The van der Waals surface area contributed by atoms with Crippen LogP contribution in [-0.2, 0) is 0 Å². The van der Waals surface area contributed by atoms with Crippen LogP contribution in [0.25, 0.3) is 5.69 Å². The summed E-state index contributed by atoms with van der Waals surface area (Å²) in [5.41, 5.74) is 0.403. The molecular weight excluding hydrogens is 242 g/mol. The molecule has 0 amide bonds. The molecule has 0 N–H and O–H groups in total. The Bertz CT molecular complexity index is 575. The van der Waals surface area contributed by atoms with E-state index in [1.54, 1.807) is 12.1 Å². The van der Waals surface area contributed by atoms with Gasteiger partial charge in [-0.15, -0.1) is 4.91 Å². The Labute approximate surface area is 101 Å². The van der Waals surface area contributed by atoms with Gasteiger partial charge in [0.15, 0.2) is 5.50 Å². The minimum absolute atomic E-state index is 0.349. The predicted octanol–water partition coefficient (Wildman–Crippen LogP) is 2.14. The second kappa shape index (κ2) is 4.72. The summed E-state index contributed by atoms with van der Waals surface area (Å²) in [6.07, 6.45) is 2.85. The molecule has 1 heterocycles. The topological polar surface area (TPSA) is 83.9 Å². The second-order valence-corrected chi connectivity index (χ2v) is 3.58. The Hall–Kier alpha value is -2.26. The average molecular weight is 248 g/mol. The molecule has 1 aromatic carbocycles. The highest BCUT2D eigenvalue weighted by Gasteiger charge is 2.12. The van der Waals surface area contributed by atoms with Gasteiger partial charge in [-0.25, -0.2) is 9.67 Å². The molecule has 0 aliphatic carbocycles. The van der Waals surface area contributed by atoms with Crippen LogP contribution in [-0.4, -0.2) is 14.8 Å². The first kappa shape index (κ1) is 11.2. The van der Waals surface area contributed by atoms with Crippen LogP contribution >= 0.6 is 11.6 Å². The molecule has 0 aliphatic heterocycles. The maximum Gasteiger partial charge on any atom is 0.190 e. The number of alkyl halides is 1. The molecule has 0 bridgehead atoms.